The number of nitrogens with zero attached hydrogens (tertiary/aromatic N) is 2. The van der Waals surface area contributed by atoms with Crippen LogP contribution in [-0.4, -0.2) is 63.4 Å². The van der Waals surface area contributed by atoms with E-state index in [0.29, 0.717) is 16.7 Å². The molecule has 5 rings (SSSR count). The van der Waals surface area contributed by atoms with Crippen molar-refractivity contribution in [2.75, 3.05) is 31.7 Å². The van der Waals surface area contributed by atoms with Crippen LogP contribution in [0.3, 0.4) is 0 Å². The summed E-state index contributed by atoms with van der Waals surface area (Å²) in [7, 11) is -2.83. The topological polar surface area (TPSA) is 122 Å². The molecular formula is C29H28FN3O7S. The summed E-state index contributed by atoms with van der Waals surface area (Å²) in [6.45, 7) is -0.0901. The highest BCUT2D eigenvalue weighted by Gasteiger charge is 2.44. The molecule has 2 atom stereocenters. The second kappa shape index (κ2) is 11.7. The van der Waals surface area contributed by atoms with Crippen molar-refractivity contribution >= 4 is 33.4 Å². The van der Waals surface area contributed by atoms with E-state index >= 15 is 0 Å². The Balaban J connectivity index is 1.54. The highest BCUT2D eigenvalue weighted by atomic mass is 32.2. The molecule has 1 saturated heterocycles. The molecule has 0 spiro atoms. The van der Waals surface area contributed by atoms with Crippen LogP contribution in [0.25, 0.3) is 0 Å². The van der Waals surface area contributed by atoms with E-state index in [4.69, 9.17) is 9.47 Å². The molecule has 3 amide bonds. The van der Waals surface area contributed by atoms with Crippen molar-refractivity contribution in [1.29, 1.82) is 0 Å². The van der Waals surface area contributed by atoms with E-state index in [0.717, 1.165) is 29.9 Å². The first kappa shape index (κ1) is 28.2. The summed E-state index contributed by atoms with van der Waals surface area (Å²) >= 11 is 0. The Labute approximate surface area is 236 Å². The van der Waals surface area contributed by atoms with Crippen LogP contribution < -0.4 is 15.0 Å². The number of benzene rings is 3. The summed E-state index contributed by atoms with van der Waals surface area (Å²) < 4.78 is 51.6. The minimum absolute atomic E-state index is 0.0410. The summed E-state index contributed by atoms with van der Waals surface area (Å²) in [6, 6.07) is 15.7. The van der Waals surface area contributed by atoms with Crippen molar-refractivity contribution in [1.82, 2.24) is 9.62 Å². The first-order valence-electron chi connectivity index (χ1n) is 13.0. The average Bonchev–Trinajstić information content (AvgIpc) is 3.57. The van der Waals surface area contributed by atoms with Crippen LogP contribution >= 0.6 is 0 Å². The number of fused-ring (bicyclic) bond motifs is 1. The van der Waals surface area contributed by atoms with Crippen LogP contribution in [0.4, 0.5) is 10.1 Å². The van der Waals surface area contributed by atoms with Gasteiger partial charge in [0, 0.05) is 18.8 Å². The van der Waals surface area contributed by atoms with E-state index in [9.17, 15) is 27.2 Å². The SMILES string of the molecule is COc1ccc(N(C(=O)CN2C(=O)c3ccccc3S2(=O)=O)[C@@H](C(=O)NC[C@@H]2CCCO2)c2ccc(F)cc2)cc1. The minimum Gasteiger partial charge on any atom is -0.497 e. The summed E-state index contributed by atoms with van der Waals surface area (Å²) in [5.41, 5.74) is 0.471. The first-order valence-corrected chi connectivity index (χ1v) is 14.4. The Morgan fingerprint density at radius 2 is 1.80 bits per heavy atom. The fourth-order valence-corrected chi connectivity index (χ4v) is 6.46. The molecule has 0 saturated carbocycles. The van der Waals surface area contributed by atoms with Crippen molar-refractivity contribution in [3.63, 3.8) is 0 Å². The Bertz CT molecular complexity index is 1560. The van der Waals surface area contributed by atoms with Gasteiger partial charge in [-0.15, -0.1) is 0 Å². The Morgan fingerprint density at radius 3 is 2.44 bits per heavy atom. The molecule has 214 valence electrons. The van der Waals surface area contributed by atoms with Crippen molar-refractivity contribution < 1.29 is 36.7 Å². The van der Waals surface area contributed by atoms with Gasteiger partial charge in [-0.3, -0.25) is 19.3 Å². The Hall–Kier alpha value is -4.29. The molecule has 41 heavy (non-hydrogen) atoms. The van der Waals surface area contributed by atoms with Crippen molar-refractivity contribution in [3.8, 4) is 5.75 Å². The van der Waals surface area contributed by atoms with Crippen molar-refractivity contribution in [2.24, 2.45) is 0 Å². The zero-order valence-corrected chi connectivity index (χ0v) is 23.0. The Morgan fingerprint density at radius 1 is 1.10 bits per heavy atom. The first-order chi connectivity index (χ1) is 19.7. The van der Waals surface area contributed by atoms with E-state index in [-0.39, 0.29) is 34.4 Å². The maximum atomic E-state index is 14.0. The number of carbonyl (C=O) groups is 3. The van der Waals surface area contributed by atoms with Crippen LogP contribution in [0, 0.1) is 5.82 Å². The van der Waals surface area contributed by atoms with E-state index in [2.05, 4.69) is 5.32 Å². The molecule has 0 radical (unpaired) electrons. The maximum absolute atomic E-state index is 14.0. The van der Waals surface area contributed by atoms with Crippen LogP contribution in [0.15, 0.2) is 77.7 Å². The normalized spacial score (nSPS) is 18.0. The van der Waals surface area contributed by atoms with Crippen molar-refractivity contribution in [2.45, 2.75) is 29.9 Å². The van der Waals surface area contributed by atoms with Crippen LogP contribution in [0.1, 0.15) is 34.8 Å². The van der Waals surface area contributed by atoms with E-state index in [1.54, 1.807) is 12.1 Å². The predicted octanol–water partition coefficient (Wildman–Crippen LogP) is 3.05. The molecular weight excluding hydrogens is 553 g/mol. The van der Waals surface area contributed by atoms with Gasteiger partial charge in [-0.1, -0.05) is 24.3 Å². The molecule has 10 nitrogen and oxygen atoms in total. The zero-order valence-electron chi connectivity index (χ0n) is 22.2. The number of ether oxygens (including phenoxy) is 2. The number of sulfonamides is 1. The second-order valence-corrected chi connectivity index (χ2v) is 11.4. The molecule has 1 fully saturated rings. The van der Waals surface area contributed by atoms with E-state index < -0.39 is 46.1 Å². The Kier molecular flexibility index (Phi) is 8.04. The van der Waals surface area contributed by atoms with Gasteiger partial charge in [-0.2, -0.15) is 0 Å². The van der Waals surface area contributed by atoms with Gasteiger partial charge in [0.25, 0.3) is 15.9 Å². The highest BCUT2D eigenvalue weighted by Crippen LogP contribution is 2.33. The molecule has 1 N–H and O–H groups in total. The third-order valence-corrected chi connectivity index (χ3v) is 8.82. The smallest absolute Gasteiger partial charge is 0.269 e. The second-order valence-electron chi connectivity index (χ2n) is 9.61. The van der Waals surface area contributed by atoms with E-state index in [1.165, 1.54) is 55.6 Å². The van der Waals surface area contributed by atoms with Gasteiger partial charge in [0.15, 0.2) is 0 Å². The van der Waals surface area contributed by atoms with Gasteiger partial charge in [-0.05, 0) is 66.9 Å². The van der Waals surface area contributed by atoms with E-state index in [1.807, 2.05) is 0 Å². The van der Waals surface area contributed by atoms with Gasteiger partial charge in [-0.25, -0.2) is 17.1 Å². The molecule has 2 aliphatic heterocycles. The quantitative estimate of drug-likeness (QED) is 0.412. The summed E-state index contributed by atoms with van der Waals surface area (Å²) in [6.07, 6.45) is 1.43. The van der Waals surface area contributed by atoms with Gasteiger partial charge < -0.3 is 14.8 Å². The molecule has 3 aromatic carbocycles. The molecule has 0 unspecified atom stereocenters. The number of rotatable bonds is 9. The molecule has 2 aliphatic rings. The largest absolute Gasteiger partial charge is 0.497 e. The van der Waals surface area contributed by atoms with Gasteiger partial charge in [0.05, 0.1) is 18.8 Å². The number of nitrogens with one attached hydrogen (secondary N) is 1. The molecule has 0 bridgehead atoms. The molecule has 12 heteroatoms. The summed E-state index contributed by atoms with van der Waals surface area (Å²) in [4.78, 5) is 41.8. The number of methoxy groups -OCH3 is 1. The maximum Gasteiger partial charge on any atom is 0.269 e. The minimum atomic E-state index is -4.30. The lowest BCUT2D eigenvalue weighted by Gasteiger charge is -2.33. The number of halogens is 1. The molecule has 0 aromatic heterocycles. The van der Waals surface area contributed by atoms with Gasteiger partial charge in [0.2, 0.25) is 11.8 Å². The predicted molar refractivity (Wildman–Crippen MR) is 146 cm³/mol. The number of anilines is 1. The molecule has 3 aromatic rings. The fourth-order valence-electron chi connectivity index (χ4n) is 4.95. The van der Waals surface area contributed by atoms with Crippen LogP contribution in [0.5, 0.6) is 5.75 Å². The fraction of sp³-hybridized carbons (Fsp3) is 0.276. The molecule has 0 aliphatic carbocycles. The number of carbonyl (C=O) groups excluding carboxylic acids is 3. The highest BCUT2D eigenvalue weighted by molar-refractivity contribution is 7.90. The third-order valence-electron chi connectivity index (χ3n) is 7.03. The lowest BCUT2D eigenvalue weighted by atomic mass is 10.0. The number of hydrogen-bond acceptors (Lipinski definition) is 7. The zero-order chi connectivity index (χ0) is 29.1. The van der Waals surface area contributed by atoms with Crippen molar-refractivity contribution in [3.05, 3.63) is 89.7 Å². The standard InChI is InChI=1S/C29H28FN3O7S/c1-39-22-14-12-21(13-15-22)33(26(34)18-32-29(36)24-6-2-3-7-25(24)41(32,37)38)27(19-8-10-20(30)11-9-19)28(35)31-17-23-5-4-16-40-23/h2-3,6-15,23,27H,4-5,16-18H2,1H3,(H,31,35)/t23-,27+/m0/s1. The van der Waals surface area contributed by atoms with Crippen LogP contribution in [-0.2, 0) is 24.3 Å². The number of hydrogen-bond donors (Lipinski definition) is 1. The average molecular weight is 582 g/mol. The summed E-state index contributed by atoms with van der Waals surface area (Å²) in [5.74, 6) is -2.34. The van der Waals surface area contributed by atoms with Gasteiger partial charge in [0.1, 0.15) is 29.0 Å². The monoisotopic (exact) mass is 581 g/mol. The van der Waals surface area contributed by atoms with Crippen LogP contribution in [0.2, 0.25) is 0 Å². The summed E-state index contributed by atoms with van der Waals surface area (Å²) in [5, 5.41) is 2.82. The third kappa shape index (κ3) is 5.66. The number of amides is 3. The van der Waals surface area contributed by atoms with Gasteiger partial charge >= 0.3 is 0 Å². The molecule has 2 heterocycles. The lowest BCUT2D eigenvalue weighted by molar-refractivity contribution is -0.127. The lowest BCUT2D eigenvalue weighted by Crippen LogP contribution is -2.49.